The van der Waals surface area contributed by atoms with Crippen molar-refractivity contribution in [3.05, 3.63) is 6.92 Å². The molecule has 0 rings (SSSR count). The summed E-state index contributed by atoms with van der Waals surface area (Å²) >= 11 is 0. The Bertz CT molecular complexity index is 155. The highest BCUT2D eigenvalue weighted by Crippen LogP contribution is 2.12. The molecule has 89 valence electrons. The average molecular weight is 213 g/mol. The van der Waals surface area contributed by atoms with Crippen molar-refractivity contribution in [3.8, 4) is 0 Å². The predicted octanol–water partition coefficient (Wildman–Crippen LogP) is 4.05. The quantitative estimate of drug-likeness (QED) is 0.556. The molecule has 0 saturated heterocycles. The van der Waals surface area contributed by atoms with Crippen LogP contribution < -0.4 is 0 Å². The number of carboxylic acids is 1. The number of rotatable bonds is 10. The zero-order valence-corrected chi connectivity index (χ0v) is 10.0. The maximum Gasteiger partial charge on any atom is 0.306 e. The molecule has 1 radical (unpaired) electrons. The van der Waals surface area contributed by atoms with Crippen LogP contribution in [0.3, 0.4) is 0 Å². The maximum absolute atomic E-state index is 10.5. The molecule has 15 heavy (non-hydrogen) atoms. The molecule has 0 saturated carbocycles. The van der Waals surface area contributed by atoms with E-state index in [9.17, 15) is 4.79 Å². The van der Waals surface area contributed by atoms with Crippen molar-refractivity contribution in [2.75, 3.05) is 0 Å². The molecule has 0 spiro atoms. The number of aliphatic carboxylic acids is 1. The third-order valence-electron chi connectivity index (χ3n) is 2.81. The minimum Gasteiger partial charge on any atom is -0.481 e. The zero-order chi connectivity index (χ0) is 11.5. The van der Waals surface area contributed by atoms with Gasteiger partial charge in [0, 0.05) is 0 Å². The Hall–Kier alpha value is -0.530. The molecule has 2 nitrogen and oxygen atoms in total. The molecule has 1 N–H and O–H groups in total. The minimum atomic E-state index is -0.662. The van der Waals surface area contributed by atoms with Crippen LogP contribution in [0.4, 0.5) is 0 Å². The van der Waals surface area contributed by atoms with Crippen LogP contribution in [0.1, 0.15) is 64.7 Å². The smallest absolute Gasteiger partial charge is 0.306 e. The summed E-state index contributed by atoms with van der Waals surface area (Å²) in [6, 6.07) is 0. The fraction of sp³-hybridized carbons (Fsp3) is 0.846. The first kappa shape index (κ1) is 14.5. The summed E-state index contributed by atoms with van der Waals surface area (Å²) < 4.78 is 0. The lowest BCUT2D eigenvalue weighted by atomic mass is 10.0. The SMILES string of the molecule is [CH2]CCCCCCCCCC(C)C(=O)O. The fourth-order valence-electron chi connectivity index (χ4n) is 1.63. The lowest BCUT2D eigenvalue weighted by molar-refractivity contribution is -0.141. The molecule has 0 aliphatic rings. The highest BCUT2D eigenvalue weighted by atomic mass is 16.4. The highest BCUT2D eigenvalue weighted by molar-refractivity contribution is 5.69. The van der Waals surface area contributed by atoms with Gasteiger partial charge >= 0.3 is 5.97 Å². The van der Waals surface area contributed by atoms with Gasteiger partial charge in [-0.15, -0.1) is 0 Å². The first-order chi connectivity index (χ1) is 7.18. The Balaban J connectivity index is 3.08. The van der Waals surface area contributed by atoms with E-state index in [-0.39, 0.29) is 5.92 Å². The van der Waals surface area contributed by atoms with Gasteiger partial charge in [-0.25, -0.2) is 0 Å². The van der Waals surface area contributed by atoms with Crippen LogP contribution in [0.15, 0.2) is 0 Å². The van der Waals surface area contributed by atoms with E-state index in [0.29, 0.717) is 0 Å². The zero-order valence-electron chi connectivity index (χ0n) is 10.0. The van der Waals surface area contributed by atoms with Gasteiger partial charge in [0.2, 0.25) is 0 Å². The van der Waals surface area contributed by atoms with Gasteiger partial charge in [-0.3, -0.25) is 4.79 Å². The minimum absolute atomic E-state index is 0.170. The molecule has 0 aromatic carbocycles. The molecular weight excluding hydrogens is 188 g/mol. The van der Waals surface area contributed by atoms with Crippen molar-refractivity contribution in [1.82, 2.24) is 0 Å². The van der Waals surface area contributed by atoms with Crippen LogP contribution in [0.2, 0.25) is 0 Å². The summed E-state index contributed by atoms with van der Waals surface area (Å²) in [6.45, 7) is 5.60. The van der Waals surface area contributed by atoms with Crippen molar-refractivity contribution >= 4 is 5.97 Å². The first-order valence-corrected chi connectivity index (χ1v) is 6.20. The number of hydrogen-bond acceptors (Lipinski definition) is 1. The molecular formula is C13H25O2. The standard InChI is InChI=1S/C13H25O2/c1-3-4-5-6-7-8-9-10-11-12(2)13(14)15/h12H,1,3-11H2,2H3,(H,14,15). The summed E-state index contributed by atoms with van der Waals surface area (Å²) in [4.78, 5) is 10.5. The van der Waals surface area contributed by atoms with Gasteiger partial charge in [-0.05, 0) is 6.42 Å². The van der Waals surface area contributed by atoms with Crippen molar-refractivity contribution in [2.24, 2.45) is 5.92 Å². The molecule has 0 aromatic rings. The molecule has 0 amide bonds. The number of hydrogen-bond donors (Lipinski definition) is 1. The Labute approximate surface area is 94.1 Å². The van der Waals surface area contributed by atoms with Gasteiger partial charge in [0.15, 0.2) is 0 Å². The third-order valence-corrected chi connectivity index (χ3v) is 2.81. The van der Waals surface area contributed by atoms with Crippen molar-refractivity contribution < 1.29 is 9.90 Å². The Morgan fingerprint density at radius 2 is 1.53 bits per heavy atom. The molecule has 1 atom stereocenters. The van der Waals surface area contributed by atoms with Gasteiger partial charge in [0.1, 0.15) is 0 Å². The second-order valence-electron chi connectivity index (χ2n) is 4.36. The van der Waals surface area contributed by atoms with Crippen molar-refractivity contribution in [3.63, 3.8) is 0 Å². The van der Waals surface area contributed by atoms with E-state index in [0.717, 1.165) is 19.3 Å². The molecule has 0 aliphatic carbocycles. The molecule has 0 fully saturated rings. The van der Waals surface area contributed by atoms with E-state index >= 15 is 0 Å². The van der Waals surface area contributed by atoms with Crippen LogP contribution in [-0.4, -0.2) is 11.1 Å². The van der Waals surface area contributed by atoms with Gasteiger partial charge in [0.05, 0.1) is 5.92 Å². The van der Waals surface area contributed by atoms with E-state index in [1.807, 2.05) is 0 Å². The number of carbonyl (C=O) groups is 1. The summed E-state index contributed by atoms with van der Waals surface area (Å²) in [6.07, 6.45) is 10.5. The second kappa shape index (κ2) is 10.0. The summed E-state index contributed by atoms with van der Waals surface area (Å²) in [5.74, 6) is -0.832. The maximum atomic E-state index is 10.5. The number of carboxylic acid groups (broad SMARTS) is 1. The van der Waals surface area contributed by atoms with E-state index < -0.39 is 5.97 Å². The van der Waals surface area contributed by atoms with E-state index in [1.165, 1.54) is 38.5 Å². The summed E-state index contributed by atoms with van der Waals surface area (Å²) in [5, 5.41) is 8.68. The van der Waals surface area contributed by atoms with Crippen LogP contribution >= 0.6 is 0 Å². The summed E-state index contributed by atoms with van der Waals surface area (Å²) in [7, 11) is 0. The molecule has 1 unspecified atom stereocenters. The van der Waals surface area contributed by atoms with Crippen LogP contribution in [0.5, 0.6) is 0 Å². The molecule has 0 bridgehead atoms. The lowest BCUT2D eigenvalue weighted by Crippen LogP contribution is -2.08. The third kappa shape index (κ3) is 9.77. The lowest BCUT2D eigenvalue weighted by Gasteiger charge is -2.05. The Morgan fingerprint density at radius 1 is 1.07 bits per heavy atom. The predicted molar refractivity (Wildman–Crippen MR) is 63.7 cm³/mol. The van der Waals surface area contributed by atoms with Crippen LogP contribution in [0.25, 0.3) is 0 Å². The molecule has 0 heterocycles. The topological polar surface area (TPSA) is 37.3 Å². The van der Waals surface area contributed by atoms with Gasteiger partial charge in [0.25, 0.3) is 0 Å². The molecule has 0 aromatic heterocycles. The van der Waals surface area contributed by atoms with E-state index in [2.05, 4.69) is 6.92 Å². The Kier molecular flexibility index (Phi) is 9.65. The average Bonchev–Trinajstić information content (AvgIpc) is 2.21. The number of unbranched alkanes of at least 4 members (excludes halogenated alkanes) is 7. The summed E-state index contributed by atoms with van der Waals surface area (Å²) in [5.41, 5.74) is 0. The highest BCUT2D eigenvalue weighted by Gasteiger charge is 2.09. The van der Waals surface area contributed by atoms with E-state index in [4.69, 9.17) is 5.11 Å². The molecule has 2 heteroatoms. The van der Waals surface area contributed by atoms with Gasteiger partial charge in [-0.2, -0.15) is 0 Å². The van der Waals surface area contributed by atoms with Crippen LogP contribution in [0, 0.1) is 12.8 Å². The van der Waals surface area contributed by atoms with Crippen molar-refractivity contribution in [2.45, 2.75) is 64.7 Å². The fourth-order valence-corrected chi connectivity index (χ4v) is 1.63. The van der Waals surface area contributed by atoms with Crippen molar-refractivity contribution in [1.29, 1.82) is 0 Å². The monoisotopic (exact) mass is 213 g/mol. The van der Waals surface area contributed by atoms with Crippen LogP contribution in [-0.2, 0) is 4.79 Å². The van der Waals surface area contributed by atoms with E-state index in [1.54, 1.807) is 6.92 Å². The first-order valence-electron chi connectivity index (χ1n) is 6.20. The Morgan fingerprint density at radius 3 is 2.00 bits per heavy atom. The van der Waals surface area contributed by atoms with Gasteiger partial charge < -0.3 is 5.11 Å². The largest absolute Gasteiger partial charge is 0.481 e. The second-order valence-corrected chi connectivity index (χ2v) is 4.36. The molecule has 0 aliphatic heterocycles. The normalized spacial score (nSPS) is 12.7. The van der Waals surface area contributed by atoms with Gasteiger partial charge in [-0.1, -0.05) is 65.2 Å².